The third-order valence-corrected chi connectivity index (χ3v) is 8.44. The first-order valence-corrected chi connectivity index (χ1v) is 12.8. The Morgan fingerprint density at radius 3 is 2.53 bits per heavy atom. The van der Waals surface area contributed by atoms with Gasteiger partial charge >= 0.3 is 0 Å². The lowest BCUT2D eigenvalue weighted by atomic mass is 9.61. The Morgan fingerprint density at radius 1 is 1.19 bits per heavy atom. The van der Waals surface area contributed by atoms with Crippen LogP contribution in [0.2, 0.25) is 0 Å². The van der Waals surface area contributed by atoms with Gasteiger partial charge in [-0.3, -0.25) is 14.6 Å². The molecule has 32 heavy (non-hydrogen) atoms. The van der Waals surface area contributed by atoms with Crippen molar-refractivity contribution in [1.82, 2.24) is 14.8 Å². The van der Waals surface area contributed by atoms with Gasteiger partial charge in [0.15, 0.2) is 0 Å². The first-order chi connectivity index (χ1) is 15.3. The number of carbonyl (C=O) groups excluding carboxylic acids is 2. The second-order valence-electron chi connectivity index (χ2n) is 10.6. The molecule has 178 valence electrons. The molecule has 1 unspecified atom stereocenters. The van der Waals surface area contributed by atoms with E-state index in [0.717, 1.165) is 58.7 Å². The number of thiazole rings is 1. The van der Waals surface area contributed by atoms with E-state index in [1.165, 1.54) is 30.6 Å². The van der Waals surface area contributed by atoms with Crippen LogP contribution in [0.1, 0.15) is 62.0 Å². The van der Waals surface area contributed by atoms with Crippen molar-refractivity contribution in [1.29, 1.82) is 0 Å². The van der Waals surface area contributed by atoms with Gasteiger partial charge in [0, 0.05) is 51.2 Å². The van der Waals surface area contributed by atoms with E-state index < -0.39 is 0 Å². The number of nitrogens with zero attached hydrogens (tertiary/aromatic N) is 3. The Kier molecular flexibility index (Phi) is 7.22. The van der Waals surface area contributed by atoms with Gasteiger partial charge in [-0.05, 0) is 43.9 Å². The topological polar surface area (TPSA) is 72.0 Å². The molecule has 4 heterocycles. The molecule has 0 bridgehead atoms. The average molecular weight is 464 g/mol. The summed E-state index contributed by atoms with van der Waals surface area (Å²) in [7, 11) is 1.72. The molecule has 1 aliphatic carbocycles. The Bertz CT molecular complexity index is 782. The summed E-state index contributed by atoms with van der Waals surface area (Å²) in [5, 5.41) is 0. The highest BCUT2D eigenvalue weighted by molar-refractivity contribution is 7.11. The normalized spacial score (nSPS) is 27.8. The van der Waals surface area contributed by atoms with Crippen molar-refractivity contribution >= 4 is 23.2 Å². The molecule has 1 aromatic heterocycles. The molecule has 5 rings (SSSR count). The largest absolute Gasteiger partial charge is 0.382 e. The van der Waals surface area contributed by atoms with E-state index in [1.54, 1.807) is 18.8 Å². The van der Waals surface area contributed by atoms with Crippen LogP contribution in [-0.2, 0) is 14.3 Å². The van der Waals surface area contributed by atoms with Crippen molar-refractivity contribution in [3.63, 3.8) is 0 Å². The molecule has 0 N–H and O–H groups in total. The van der Waals surface area contributed by atoms with Gasteiger partial charge in [0.2, 0.25) is 5.91 Å². The fourth-order valence-corrected chi connectivity index (χ4v) is 6.02. The van der Waals surface area contributed by atoms with E-state index in [4.69, 9.17) is 9.47 Å². The number of aromatic nitrogens is 1. The van der Waals surface area contributed by atoms with Gasteiger partial charge in [0.05, 0.1) is 24.4 Å². The standard InChI is InChI=1S/C17H23N3O2S.C7H14O2/c1-16(2)4-3-12(16)14(21)20-9-17(10-20)5-6-19(8-17)15(22)13-7-18-11-23-13;1-8-6-7-4-2-3-5-9-7/h7,11-12H,3-6,8-10H2,1-2H3;7H,2-6H2,1H3/t12-;/m1./s1. The average Bonchev–Trinajstić information content (AvgIpc) is 3.43. The Labute approximate surface area is 195 Å². The van der Waals surface area contributed by atoms with Crippen molar-refractivity contribution < 1.29 is 19.1 Å². The maximum Gasteiger partial charge on any atom is 0.265 e. The molecule has 1 spiro atoms. The zero-order valence-electron chi connectivity index (χ0n) is 19.7. The van der Waals surface area contributed by atoms with Crippen LogP contribution in [0.25, 0.3) is 0 Å². The fraction of sp³-hybridized carbons (Fsp3) is 0.792. The van der Waals surface area contributed by atoms with Gasteiger partial charge in [-0.25, -0.2) is 0 Å². The molecule has 7 nitrogen and oxygen atoms in total. The van der Waals surface area contributed by atoms with Crippen LogP contribution in [0, 0.1) is 16.7 Å². The molecule has 8 heteroatoms. The van der Waals surface area contributed by atoms with E-state index in [2.05, 4.69) is 18.8 Å². The fourth-order valence-electron chi connectivity index (χ4n) is 5.43. The summed E-state index contributed by atoms with van der Waals surface area (Å²) in [6.07, 6.45) is 8.92. The Hall–Kier alpha value is -1.51. The van der Waals surface area contributed by atoms with Gasteiger partial charge in [0.25, 0.3) is 5.91 Å². The van der Waals surface area contributed by atoms with E-state index in [9.17, 15) is 9.59 Å². The van der Waals surface area contributed by atoms with E-state index in [-0.39, 0.29) is 22.7 Å². The predicted octanol–water partition coefficient (Wildman–Crippen LogP) is 3.46. The van der Waals surface area contributed by atoms with Gasteiger partial charge in [-0.15, -0.1) is 11.3 Å². The lowest BCUT2D eigenvalue weighted by Crippen LogP contribution is -2.62. The lowest BCUT2D eigenvalue weighted by molar-refractivity contribution is -0.157. The zero-order valence-corrected chi connectivity index (χ0v) is 20.5. The second kappa shape index (κ2) is 9.77. The number of ether oxygens (including phenoxy) is 2. The minimum absolute atomic E-state index is 0.0919. The maximum absolute atomic E-state index is 12.6. The predicted molar refractivity (Wildman–Crippen MR) is 124 cm³/mol. The monoisotopic (exact) mass is 463 g/mol. The van der Waals surface area contributed by atoms with Crippen molar-refractivity contribution in [3.05, 3.63) is 16.6 Å². The highest BCUT2D eigenvalue weighted by atomic mass is 32.1. The smallest absolute Gasteiger partial charge is 0.265 e. The zero-order chi connectivity index (χ0) is 22.8. The quantitative estimate of drug-likeness (QED) is 0.684. The lowest BCUT2D eigenvalue weighted by Gasteiger charge is -2.53. The molecule has 1 saturated carbocycles. The van der Waals surface area contributed by atoms with Crippen molar-refractivity contribution in [2.45, 2.75) is 58.5 Å². The summed E-state index contributed by atoms with van der Waals surface area (Å²) >= 11 is 1.40. The molecular weight excluding hydrogens is 426 g/mol. The van der Waals surface area contributed by atoms with Gasteiger partial charge in [-0.2, -0.15) is 0 Å². The number of amides is 2. The number of hydrogen-bond donors (Lipinski definition) is 0. The summed E-state index contributed by atoms with van der Waals surface area (Å²) in [5.74, 6) is 0.629. The SMILES string of the molecule is CC1(C)CC[C@@H]1C(=O)N1CC2(CCN(C(=O)c3cncs3)C2)C1.COCC1CCCCO1. The highest BCUT2D eigenvalue weighted by Crippen LogP contribution is 2.49. The molecule has 2 atom stereocenters. The van der Waals surface area contributed by atoms with Crippen molar-refractivity contribution in [2.75, 3.05) is 46.5 Å². The van der Waals surface area contributed by atoms with Crippen LogP contribution < -0.4 is 0 Å². The van der Waals surface area contributed by atoms with E-state index in [0.29, 0.717) is 16.9 Å². The minimum Gasteiger partial charge on any atom is -0.382 e. The van der Waals surface area contributed by atoms with E-state index >= 15 is 0 Å². The Morgan fingerprint density at radius 2 is 1.97 bits per heavy atom. The van der Waals surface area contributed by atoms with Crippen LogP contribution >= 0.6 is 11.3 Å². The summed E-state index contributed by atoms with van der Waals surface area (Å²) in [6, 6.07) is 0. The van der Waals surface area contributed by atoms with Crippen LogP contribution in [0.5, 0.6) is 0 Å². The minimum atomic E-state index is 0.0919. The van der Waals surface area contributed by atoms with Crippen molar-refractivity contribution in [3.8, 4) is 0 Å². The van der Waals surface area contributed by atoms with Crippen LogP contribution in [0.3, 0.4) is 0 Å². The first kappa shape index (κ1) is 23.6. The molecule has 4 aliphatic rings. The number of carbonyl (C=O) groups is 2. The molecule has 1 aromatic rings. The van der Waals surface area contributed by atoms with Crippen LogP contribution in [0.4, 0.5) is 0 Å². The third-order valence-electron chi connectivity index (χ3n) is 7.68. The van der Waals surface area contributed by atoms with E-state index in [1.807, 2.05) is 9.80 Å². The molecular formula is C24H37N3O4S. The molecule has 3 saturated heterocycles. The molecule has 0 aromatic carbocycles. The van der Waals surface area contributed by atoms with Crippen LogP contribution in [-0.4, -0.2) is 79.2 Å². The maximum atomic E-state index is 12.6. The number of hydrogen-bond acceptors (Lipinski definition) is 6. The third kappa shape index (κ3) is 5.02. The summed E-state index contributed by atoms with van der Waals surface area (Å²) in [6.45, 7) is 9.30. The number of likely N-dealkylation sites (tertiary alicyclic amines) is 2. The molecule has 4 fully saturated rings. The summed E-state index contributed by atoms with van der Waals surface area (Å²) < 4.78 is 10.3. The van der Waals surface area contributed by atoms with Gasteiger partial charge < -0.3 is 19.3 Å². The molecule has 0 radical (unpaired) electrons. The van der Waals surface area contributed by atoms with Crippen molar-refractivity contribution in [2.24, 2.45) is 16.7 Å². The van der Waals surface area contributed by atoms with Gasteiger partial charge in [-0.1, -0.05) is 13.8 Å². The molecule has 2 amide bonds. The second-order valence-corrected chi connectivity index (χ2v) is 11.4. The molecule has 3 aliphatic heterocycles. The van der Waals surface area contributed by atoms with Gasteiger partial charge in [0.1, 0.15) is 4.88 Å². The Balaban J connectivity index is 0.000000230. The summed E-state index contributed by atoms with van der Waals surface area (Å²) in [4.78, 5) is 33.7. The number of methoxy groups -OCH3 is 1. The van der Waals surface area contributed by atoms with Crippen LogP contribution in [0.15, 0.2) is 11.7 Å². The summed E-state index contributed by atoms with van der Waals surface area (Å²) in [5.41, 5.74) is 2.01. The first-order valence-electron chi connectivity index (χ1n) is 11.9. The number of rotatable bonds is 4. The highest BCUT2D eigenvalue weighted by Gasteiger charge is 2.54.